The largest absolute Gasteiger partial charge is 0.490 e. The van der Waals surface area contributed by atoms with Crippen LogP contribution in [0.2, 0.25) is 0 Å². The van der Waals surface area contributed by atoms with Crippen LogP contribution in [0.5, 0.6) is 0 Å². The van der Waals surface area contributed by atoms with Crippen LogP contribution in [0.25, 0.3) is 0 Å². The lowest BCUT2D eigenvalue weighted by atomic mass is 9.93. The van der Waals surface area contributed by atoms with Crippen molar-refractivity contribution in [1.29, 1.82) is 0 Å². The molecule has 12 heteroatoms. The van der Waals surface area contributed by atoms with E-state index in [1.54, 1.807) is 0 Å². The van der Waals surface area contributed by atoms with Gasteiger partial charge in [-0.15, -0.1) is 5.10 Å². The van der Waals surface area contributed by atoms with E-state index in [-0.39, 0.29) is 5.91 Å². The van der Waals surface area contributed by atoms with Crippen molar-refractivity contribution in [2.45, 2.75) is 65.7 Å². The Bertz CT molecular complexity index is 1040. The van der Waals surface area contributed by atoms with Crippen molar-refractivity contribution in [3.05, 3.63) is 35.0 Å². The normalized spacial score (nSPS) is 18.9. The third-order valence-electron chi connectivity index (χ3n) is 6.30. The molecule has 0 aliphatic carbocycles. The second-order valence-corrected chi connectivity index (χ2v) is 10.0. The van der Waals surface area contributed by atoms with Gasteiger partial charge in [-0.1, -0.05) is 19.1 Å². The minimum Gasteiger partial charge on any atom is -0.475 e. The Morgan fingerprint density at radius 2 is 1.83 bits per heavy atom. The predicted octanol–water partition coefficient (Wildman–Crippen LogP) is 3.83. The molecule has 35 heavy (non-hydrogen) atoms. The monoisotopic (exact) mass is 499 g/mol. The van der Waals surface area contributed by atoms with E-state index in [0.29, 0.717) is 17.2 Å². The molecule has 1 N–H and O–H groups in total. The first-order valence-electron chi connectivity index (χ1n) is 11.5. The zero-order valence-corrected chi connectivity index (χ0v) is 20.4. The van der Waals surface area contributed by atoms with Crippen molar-refractivity contribution < 1.29 is 32.3 Å². The summed E-state index contributed by atoms with van der Waals surface area (Å²) in [6.45, 7) is 13.0. The molecule has 0 atom stereocenters. The molecule has 0 saturated carbocycles. The van der Waals surface area contributed by atoms with Crippen LogP contribution in [0, 0.1) is 19.3 Å². The first-order chi connectivity index (χ1) is 16.2. The first-order valence-corrected chi connectivity index (χ1v) is 11.5. The molecule has 4 rings (SSSR count). The van der Waals surface area contributed by atoms with Crippen molar-refractivity contribution in [1.82, 2.24) is 24.8 Å². The van der Waals surface area contributed by atoms with Crippen molar-refractivity contribution >= 4 is 11.9 Å². The maximum absolute atomic E-state index is 12.7. The number of aryl methyl sites for hydroxylation is 2. The van der Waals surface area contributed by atoms with Crippen LogP contribution < -0.4 is 0 Å². The molecule has 0 aromatic carbocycles. The summed E-state index contributed by atoms with van der Waals surface area (Å²) >= 11 is 0. The molecule has 1 amide bonds. The summed E-state index contributed by atoms with van der Waals surface area (Å²) in [6, 6.07) is 2.22. The Morgan fingerprint density at radius 1 is 1.20 bits per heavy atom. The SMILES string of the molecule is Cc1cc(C)c(C(=O)N2CCC(n3cc(CN4CCC(C)(C)C4)nn3)CC2)o1.O=C(O)C(F)(F)F. The molecular weight excluding hydrogens is 467 g/mol. The maximum atomic E-state index is 12.7. The van der Waals surface area contributed by atoms with E-state index in [4.69, 9.17) is 14.3 Å². The van der Waals surface area contributed by atoms with Crippen LogP contribution in [0.3, 0.4) is 0 Å². The minimum absolute atomic E-state index is 0.0000209. The molecule has 2 aromatic heterocycles. The van der Waals surface area contributed by atoms with E-state index < -0.39 is 12.1 Å². The molecule has 0 radical (unpaired) electrons. The van der Waals surface area contributed by atoms with E-state index in [1.165, 1.54) is 6.42 Å². The Kier molecular flexibility index (Phi) is 7.93. The average Bonchev–Trinajstić information content (AvgIpc) is 3.46. The zero-order valence-electron chi connectivity index (χ0n) is 20.4. The molecule has 9 nitrogen and oxygen atoms in total. The number of rotatable bonds is 4. The molecule has 0 unspecified atom stereocenters. The van der Waals surface area contributed by atoms with Gasteiger partial charge in [0.15, 0.2) is 5.76 Å². The topological polar surface area (TPSA) is 105 Å². The lowest BCUT2D eigenvalue weighted by Crippen LogP contribution is -2.39. The Labute approximate surface area is 201 Å². The van der Waals surface area contributed by atoms with Crippen LogP contribution >= 0.6 is 0 Å². The van der Waals surface area contributed by atoms with Crippen molar-refractivity contribution in [2.24, 2.45) is 5.41 Å². The van der Waals surface area contributed by atoms with E-state index in [9.17, 15) is 18.0 Å². The molecule has 0 bridgehead atoms. The van der Waals surface area contributed by atoms with E-state index in [1.807, 2.05) is 29.5 Å². The van der Waals surface area contributed by atoms with E-state index >= 15 is 0 Å². The number of amides is 1. The third-order valence-corrected chi connectivity index (χ3v) is 6.30. The molecule has 4 heterocycles. The van der Waals surface area contributed by atoms with Gasteiger partial charge in [-0.3, -0.25) is 9.69 Å². The quantitative estimate of drug-likeness (QED) is 0.682. The highest BCUT2D eigenvalue weighted by Crippen LogP contribution is 2.30. The Hall–Kier alpha value is -2.89. The number of carbonyl (C=O) groups is 2. The van der Waals surface area contributed by atoms with Gasteiger partial charge in [0, 0.05) is 31.7 Å². The number of aromatic nitrogens is 3. The summed E-state index contributed by atoms with van der Waals surface area (Å²) in [7, 11) is 0. The number of carboxylic acid groups (broad SMARTS) is 1. The van der Waals surface area contributed by atoms with Gasteiger partial charge in [-0.25, -0.2) is 9.48 Å². The fourth-order valence-corrected chi connectivity index (χ4v) is 4.48. The highest BCUT2D eigenvalue weighted by molar-refractivity contribution is 5.93. The number of carbonyl (C=O) groups excluding carboxylic acids is 1. The van der Waals surface area contributed by atoms with E-state index in [2.05, 4.69) is 35.3 Å². The Balaban J connectivity index is 0.000000429. The number of hydrogen-bond acceptors (Lipinski definition) is 6. The smallest absolute Gasteiger partial charge is 0.475 e. The fourth-order valence-electron chi connectivity index (χ4n) is 4.48. The molecule has 2 aliphatic rings. The highest BCUT2D eigenvalue weighted by Gasteiger charge is 2.38. The van der Waals surface area contributed by atoms with Gasteiger partial charge in [-0.2, -0.15) is 13.2 Å². The third kappa shape index (κ3) is 7.06. The minimum atomic E-state index is -5.08. The molecule has 194 valence electrons. The fraction of sp³-hybridized carbons (Fsp3) is 0.652. The molecular formula is C23H32F3N5O4. The summed E-state index contributed by atoms with van der Waals surface area (Å²) < 4.78 is 39.3. The van der Waals surface area contributed by atoms with Gasteiger partial charge in [-0.05, 0) is 51.1 Å². The van der Waals surface area contributed by atoms with Crippen molar-refractivity contribution in [2.75, 3.05) is 26.2 Å². The van der Waals surface area contributed by atoms with Gasteiger partial charge in [0.1, 0.15) is 5.76 Å². The number of piperidine rings is 1. The lowest BCUT2D eigenvalue weighted by molar-refractivity contribution is -0.192. The highest BCUT2D eigenvalue weighted by atomic mass is 19.4. The van der Waals surface area contributed by atoms with Gasteiger partial charge in [0.05, 0.1) is 17.9 Å². The molecule has 2 saturated heterocycles. The van der Waals surface area contributed by atoms with Crippen molar-refractivity contribution in [3.63, 3.8) is 0 Å². The maximum Gasteiger partial charge on any atom is 0.490 e. The van der Waals surface area contributed by atoms with Gasteiger partial charge in [0.25, 0.3) is 5.91 Å². The molecule has 2 aromatic rings. The molecule has 0 spiro atoms. The van der Waals surface area contributed by atoms with Crippen LogP contribution in [0.1, 0.15) is 66.7 Å². The lowest BCUT2D eigenvalue weighted by Gasteiger charge is -2.31. The number of alkyl halides is 3. The number of likely N-dealkylation sites (tertiary alicyclic amines) is 2. The van der Waals surface area contributed by atoms with Crippen molar-refractivity contribution in [3.8, 4) is 0 Å². The van der Waals surface area contributed by atoms with Crippen LogP contribution in [-0.2, 0) is 11.3 Å². The van der Waals surface area contributed by atoms with Gasteiger partial charge >= 0.3 is 12.1 Å². The second-order valence-electron chi connectivity index (χ2n) is 10.0. The number of halogens is 3. The number of hydrogen-bond donors (Lipinski definition) is 1. The van der Waals surface area contributed by atoms with Gasteiger partial charge in [0.2, 0.25) is 0 Å². The van der Waals surface area contributed by atoms with Gasteiger partial charge < -0.3 is 14.4 Å². The number of furan rings is 1. The average molecular weight is 500 g/mol. The van der Waals surface area contributed by atoms with Crippen LogP contribution in [0.15, 0.2) is 16.7 Å². The summed E-state index contributed by atoms with van der Waals surface area (Å²) in [6.07, 6.45) is 0.0316. The first kappa shape index (κ1) is 26.7. The second kappa shape index (κ2) is 10.4. The Morgan fingerprint density at radius 3 is 2.31 bits per heavy atom. The number of nitrogens with zero attached hydrogens (tertiary/aromatic N) is 5. The van der Waals surface area contributed by atoms with Crippen LogP contribution in [0.4, 0.5) is 13.2 Å². The van der Waals surface area contributed by atoms with Crippen LogP contribution in [-0.4, -0.2) is 74.1 Å². The summed E-state index contributed by atoms with van der Waals surface area (Å²) in [5, 5.41) is 15.9. The standard InChI is InChI=1S/C21H31N5O2.C2HF3O2/c1-15-11-16(2)28-19(15)20(27)25-8-5-18(6-9-25)26-13-17(22-23-26)12-24-10-7-21(3,4)14-24;3-2(4,5)1(6)7/h11,13,18H,5-10,12,14H2,1-4H3;(H,6,7). The molecule has 2 fully saturated rings. The zero-order chi connectivity index (χ0) is 26.0. The summed E-state index contributed by atoms with van der Waals surface area (Å²) in [5.41, 5.74) is 2.36. The molecule has 2 aliphatic heterocycles. The predicted molar refractivity (Wildman–Crippen MR) is 120 cm³/mol. The van der Waals surface area contributed by atoms with E-state index in [0.717, 1.165) is 62.6 Å². The summed E-state index contributed by atoms with van der Waals surface area (Å²) in [5.74, 6) is -1.49. The number of carboxylic acids is 1. The summed E-state index contributed by atoms with van der Waals surface area (Å²) in [4.78, 5) is 26.0. The number of aliphatic carboxylic acids is 1.